The zero-order valence-corrected chi connectivity index (χ0v) is 26.8. The Kier molecular flexibility index (Phi) is 12.2. The van der Waals surface area contributed by atoms with Crippen molar-refractivity contribution >= 4 is 24.2 Å². The summed E-state index contributed by atoms with van der Waals surface area (Å²) in [5.74, 6) is 0. The zero-order valence-electron chi connectivity index (χ0n) is 23.8. The van der Waals surface area contributed by atoms with Crippen molar-refractivity contribution < 1.29 is 0 Å². The van der Waals surface area contributed by atoms with Gasteiger partial charge in [0.15, 0.2) is 0 Å². The maximum atomic E-state index is 13.4. The van der Waals surface area contributed by atoms with Crippen LogP contribution in [0.4, 0.5) is 0 Å². The van der Waals surface area contributed by atoms with Crippen molar-refractivity contribution in [3.63, 3.8) is 0 Å². The quantitative estimate of drug-likeness (QED) is 0.253. The molecule has 0 radical (unpaired) electrons. The van der Waals surface area contributed by atoms with Crippen LogP contribution in [0, 0.1) is 0 Å². The maximum Gasteiger partial charge on any atom is 0.336 e. The first-order chi connectivity index (χ1) is 15.9. The first kappa shape index (κ1) is 31.1. The van der Waals surface area contributed by atoms with Gasteiger partial charge in [-0.15, -0.1) is 0 Å². The number of rotatable bonds is 16. The highest BCUT2D eigenvalue weighted by atomic mass is 28.3. The lowest BCUT2D eigenvalue weighted by molar-refractivity contribution is 0.457. The smallest absolute Gasteiger partial charge is 0.248 e. The van der Waals surface area contributed by atoms with Crippen LogP contribution in [0.1, 0.15) is 54.4 Å². The molecule has 0 N–H and O–H groups in total. The van der Waals surface area contributed by atoms with Crippen LogP contribution in [0.15, 0.2) is 14.4 Å². The van der Waals surface area contributed by atoms with E-state index in [9.17, 15) is 14.4 Å². The molecule has 0 spiro atoms. The van der Waals surface area contributed by atoms with Crippen LogP contribution in [0.3, 0.4) is 0 Å². The summed E-state index contributed by atoms with van der Waals surface area (Å²) < 4.78 is 4.14. The van der Waals surface area contributed by atoms with E-state index in [0.29, 0.717) is 19.3 Å². The Morgan fingerprint density at radius 2 is 0.824 bits per heavy atom. The predicted octanol–water partition coefficient (Wildman–Crippen LogP) is 5.85. The molecule has 0 amide bonds. The predicted molar refractivity (Wildman–Crippen MR) is 156 cm³/mol. The van der Waals surface area contributed by atoms with Crippen LogP contribution in [0.2, 0.25) is 68.0 Å². The largest absolute Gasteiger partial charge is 0.336 e. The third kappa shape index (κ3) is 7.78. The van der Waals surface area contributed by atoms with E-state index < -0.39 is 41.3 Å². The average Bonchev–Trinajstić information content (AvgIpc) is 2.81. The molecule has 0 aromatic carbocycles. The number of hydrogen-bond donors (Lipinski definition) is 0. The van der Waals surface area contributed by atoms with Crippen molar-refractivity contribution in [2.24, 2.45) is 0 Å². The van der Waals surface area contributed by atoms with E-state index in [-0.39, 0.29) is 0 Å². The molecule has 0 bridgehead atoms. The summed E-state index contributed by atoms with van der Waals surface area (Å²) in [5.41, 5.74) is -1.19. The lowest BCUT2D eigenvalue weighted by atomic mass is 10.4. The Labute approximate surface area is 210 Å². The summed E-state index contributed by atoms with van der Waals surface area (Å²) in [5, 5.41) is 0. The van der Waals surface area contributed by atoms with Gasteiger partial charge in [0.2, 0.25) is 0 Å². The molecule has 1 rings (SSSR count). The summed E-state index contributed by atoms with van der Waals surface area (Å²) >= 11 is 0. The Hall–Kier alpha value is -0.939. The van der Waals surface area contributed by atoms with Crippen LogP contribution < -0.4 is 17.1 Å². The minimum absolute atomic E-state index is 0.393. The van der Waals surface area contributed by atoms with Gasteiger partial charge >= 0.3 is 17.1 Å². The molecule has 1 aromatic rings. The fourth-order valence-corrected chi connectivity index (χ4v) is 13.6. The van der Waals surface area contributed by atoms with Crippen molar-refractivity contribution in [3.8, 4) is 0 Å². The topological polar surface area (TPSA) is 66.0 Å². The van der Waals surface area contributed by atoms with Crippen molar-refractivity contribution in [1.29, 1.82) is 0 Å². The summed E-state index contributed by atoms with van der Waals surface area (Å²) in [7, 11) is -4.37. The van der Waals surface area contributed by atoms with Gasteiger partial charge in [0.05, 0.1) is 24.2 Å². The minimum Gasteiger partial charge on any atom is -0.248 e. The molecule has 198 valence electrons. The average molecular weight is 528 g/mol. The van der Waals surface area contributed by atoms with Crippen molar-refractivity contribution in [1.82, 2.24) is 13.7 Å². The SMILES string of the molecule is CC[Si](CC)(CC)CCCn1c(=O)n(CCC[Si](CC)(CC)CC)c(=O)n(C[Si](C)(C)C)c1=O. The van der Waals surface area contributed by atoms with Crippen LogP contribution in [-0.2, 0) is 19.3 Å². The second kappa shape index (κ2) is 13.4. The maximum absolute atomic E-state index is 13.4. The lowest BCUT2D eigenvalue weighted by Crippen LogP contribution is -2.56. The first-order valence-corrected chi connectivity index (χ1v) is 23.2. The summed E-state index contributed by atoms with van der Waals surface area (Å²) in [4.78, 5) is 40.1. The second-order valence-corrected chi connectivity index (χ2v) is 28.3. The second-order valence-electron chi connectivity index (χ2n) is 11.6. The van der Waals surface area contributed by atoms with Gasteiger partial charge in [0.1, 0.15) is 0 Å². The zero-order chi connectivity index (χ0) is 26.2. The van der Waals surface area contributed by atoms with Gasteiger partial charge in [0.25, 0.3) is 0 Å². The third-order valence-corrected chi connectivity index (χ3v) is 21.8. The molecule has 0 unspecified atom stereocenters. The van der Waals surface area contributed by atoms with E-state index in [4.69, 9.17) is 0 Å². The fourth-order valence-electron chi connectivity index (χ4n) is 5.46. The molecular weight excluding hydrogens is 475 g/mol. The minimum atomic E-state index is -1.73. The standard InChI is InChI=1S/C25H53N3O3Si3/c1-10-33(11-2,12-3)20-16-18-26-23(29)27(19-17-21-34(13-4,14-5)15-6)25(31)28(24(26)30)22-32(7,8)9/h10-22H2,1-9H3. The molecule has 0 saturated carbocycles. The van der Waals surface area contributed by atoms with Crippen molar-refractivity contribution in [2.45, 2.75) is 142 Å². The molecule has 34 heavy (non-hydrogen) atoms. The molecule has 0 fully saturated rings. The molecule has 0 aliphatic carbocycles. The Bertz CT molecular complexity index is 855. The molecule has 1 heterocycles. The van der Waals surface area contributed by atoms with E-state index in [1.54, 1.807) is 0 Å². The van der Waals surface area contributed by atoms with Crippen molar-refractivity contribution in [3.05, 3.63) is 31.5 Å². The van der Waals surface area contributed by atoms with Gasteiger partial charge in [-0.2, -0.15) is 0 Å². The van der Waals surface area contributed by atoms with E-state index in [1.807, 2.05) is 0 Å². The number of hydrogen-bond acceptors (Lipinski definition) is 3. The van der Waals surface area contributed by atoms with E-state index in [0.717, 1.165) is 24.9 Å². The first-order valence-electron chi connectivity index (χ1n) is 13.8. The molecule has 0 aliphatic rings. The van der Waals surface area contributed by atoms with Gasteiger partial charge in [0, 0.05) is 19.3 Å². The molecule has 0 aliphatic heterocycles. The molecule has 0 saturated heterocycles. The van der Waals surface area contributed by atoms with Gasteiger partial charge in [-0.1, -0.05) is 110 Å². The monoisotopic (exact) mass is 527 g/mol. The molecule has 9 heteroatoms. The van der Waals surface area contributed by atoms with E-state index >= 15 is 0 Å². The lowest BCUT2D eigenvalue weighted by Gasteiger charge is -2.28. The van der Waals surface area contributed by atoms with Crippen LogP contribution in [-0.4, -0.2) is 37.9 Å². The number of aromatic nitrogens is 3. The Morgan fingerprint density at radius 1 is 0.529 bits per heavy atom. The highest BCUT2D eigenvalue weighted by molar-refractivity contribution is 6.80. The van der Waals surface area contributed by atoms with Crippen LogP contribution >= 0.6 is 0 Å². The van der Waals surface area contributed by atoms with Crippen molar-refractivity contribution in [2.75, 3.05) is 0 Å². The molecule has 6 nitrogen and oxygen atoms in total. The van der Waals surface area contributed by atoms with Gasteiger partial charge < -0.3 is 0 Å². The third-order valence-electron chi connectivity index (χ3n) is 8.70. The summed E-state index contributed by atoms with van der Waals surface area (Å²) in [6, 6.07) is 9.72. The number of nitrogens with zero attached hydrogens (tertiary/aromatic N) is 3. The van der Waals surface area contributed by atoms with E-state index in [2.05, 4.69) is 61.2 Å². The summed E-state index contributed by atoms with van der Waals surface area (Å²) in [6.45, 7) is 21.1. The summed E-state index contributed by atoms with van der Waals surface area (Å²) in [6.07, 6.45) is 2.15. The highest BCUT2D eigenvalue weighted by Crippen LogP contribution is 2.27. The molecule has 1 aromatic heterocycles. The van der Waals surface area contributed by atoms with Gasteiger partial charge in [-0.05, 0) is 12.8 Å². The van der Waals surface area contributed by atoms with Crippen LogP contribution in [0.25, 0.3) is 0 Å². The Morgan fingerprint density at radius 3 is 1.09 bits per heavy atom. The fraction of sp³-hybridized carbons (Fsp3) is 0.880. The highest BCUT2D eigenvalue weighted by Gasteiger charge is 2.28. The normalized spacial score (nSPS) is 13.0. The Balaban J connectivity index is 3.35. The van der Waals surface area contributed by atoms with Gasteiger partial charge in [-0.3, -0.25) is 0 Å². The van der Waals surface area contributed by atoms with Crippen LogP contribution in [0.5, 0.6) is 0 Å². The molecule has 0 atom stereocenters. The van der Waals surface area contributed by atoms with Gasteiger partial charge in [-0.25, -0.2) is 28.1 Å². The van der Waals surface area contributed by atoms with E-state index in [1.165, 1.54) is 50.0 Å². The molecular formula is C25H53N3O3Si3.